The third-order valence-corrected chi connectivity index (χ3v) is 4.79. The average molecular weight is 307 g/mol. The maximum absolute atomic E-state index is 12.2. The molecular weight excluding hydrogens is 286 g/mol. The zero-order valence-electron chi connectivity index (χ0n) is 12.3. The van der Waals surface area contributed by atoms with Crippen molar-refractivity contribution in [2.24, 2.45) is 0 Å². The van der Waals surface area contributed by atoms with E-state index in [9.17, 15) is 8.42 Å². The van der Waals surface area contributed by atoms with Crippen molar-refractivity contribution in [3.05, 3.63) is 47.9 Å². The molecule has 0 bridgehead atoms. The smallest absolute Gasteiger partial charge is 0.257 e. The highest BCUT2D eigenvalue weighted by Gasteiger charge is 2.19. The van der Waals surface area contributed by atoms with E-state index in [0.29, 0.717) is 12.2 Å². The summed E-state index contributed by atoms with van der Waals surface area (Å²) in [6.07, 6.45) is 3.63. The lowest BCUT2D eigenvalue weighted by atomic mass is 10.1. The van der Waals surface area contributed by atoms with Gasteiger partial charge in [-0.15, -0.1) is 0 Å². The van der Waals surface area contributed by atoms with Crippen LogP contribution in [0.3, 0.4) is 0 Å². The summed E-state index contributed by atoms with van der Waals surface area (Å²) in [7, 11) is -3.52. The number of rotatable bonds is 7. The number of aryl methyl sites for hydroxylation is 2. The van der Waals surface area contributed by atoms with Crippen molar-refractivity contribution in [3.8, 4) is 0 Å². The highest BCUT2D eigenvalue weighted by atomic mass is 32.2. The second-order valence-corrected chi connectivity index (χ2v) is 6.78. The normalized spacial score (nSPS) is 13.2. The summed E-state index contributed by atoms with van der Waals surface area (Å²) in [4.78, 5) is 6.85. The van der Waals surface area contributed by atoms with E-state index >= 15 is 0 Å². The van der Waals surface area contributed by atoms with Gasteiger partial charge in [-0.25, -0.2) is 18.1 Å². The summed E-state index contributed by atoms with van der Waals surface area (Å²) < 4.78 is 27.1. The number of sulfonamides is 1. The molecule has 1 heterocycles. The fourth-order valence-corrected chi connectivity index (χ4v) is 3.29. The standard InChI is InChI=1S/C15H21N3O2S/c1-3-14-16-11-15(17-14)21(19,20)18-12(2)9-10-13-7-5-4-6-8-13/h4-8,11-12,18H,3,9-10H2,1-2H3,(H,16,17). The number of aromatic nitrogens is 2. The molecule has 0 aliphatic heterocycles. The molecule has 0 spiro atoms. The van der Waals surface area contributed by atoms with Crippen molar-refractivity contribution in [1.29, 1.82) is 0 Å². The molecule has 2 aromatic rings. The monoisotopic (exact) mass is 307 g/mol. The summed E-state index contributed by atoms with van der Waals surface area (Å²) in [6, 6.07) is 9.90. The first-order valence-electron chi connectivity index (χ1n) is 7.11. The first-order valence-corrected chi connectivity index (χ1v) is 8.59. The van der Waals surface area contributed by atoms with Gasteiger partial charge in [0.15, 0.2) is 5.03 Å². The summed E-state index contributed by atoms with van der Waals surface area (Å²) >= 11 is 0. The van der Waals surface area contributed by atoms with Gasteiger partial charge in [-0.3, -0.25) is 0 Å². The van der Waals surface area contributed by atoms with Gasteiger partial charge >= 0.3 is 0 Å². The first-order chi connectivity index (χ1) is 10.0. The fourth-order valence-electron chi connectivity index (χ4n) is 2.07. The summed E-state index contributed by atoms with van der Waals surface area (Å²) in [5.74, 6) is 0.673. The van der Waals surface area contributed by atoms with Gasteiger partial charge in [0.2, 0.25) is 0 Å². The predicted octanol–water partition coefficient (Wildman–Crippen LogP) is 2.27. The minimum absolute atomic E-state index is 0.130. The predicted molar refractivity (Wildman–Crippen MR) is 82.5 cm³/mol. The second kappa shape index (κ2) is 6.87. The van der Waals surface area contributed by atoms with Gasteiger partial charge in [0.1, 0.15) is 5.82 Å². The number of nitrogens with zero attached hydrogens (tertiary/aromatic N) is 1. The minimum atomic E-state index is -3.52. The first kappa shape index (κ1) is 15.7. The van der Waals surface area contributed by atoms with E-state index in [1.54, 1.807) is 0 Å². The number of imidazole rings is 1. The van der Waals surface area contributed by atoms with Gasteiger partial charge in [-0.1, -0.05) is 37.3 Å². The van der Waals surface area contributed by atoms with Crippen molar-refractivity contribution in [2.75, 3.05) is 0 Å². The van der Waals surface area contributed by atoms with Crippen LogP contribution >= 0.6 is 0 Å². The van der Waals surface area contributed by atoms with E-state index in [1.165, 1.54) is 11.8 Å². The van der Waals surface area contributed by atoms with Crippen molar-refractivity contribution in [2.45, 2.75) is 44.2 Å². The summed E-state index contributed by atoms with van der Waals surface area (Å²) in [6.45, 7) is 3.79. The van der Waals surface area contributed by atoms with Crippen LogP contribution in [-0.4, -0.2) is 24.4 Å². The quantitative estimate of drug-likeness (QED) is 0.824. The van der Waals surface area contributed by atoms with Gasteiger partial charge in [0.05, 0.1) is 6.20 Å². The molecule has 21 heavy (non-hydrogen) atoms. The number of aromatic amines is 1. The fraction of sp³-hybridized carbons (Fsp3) is 0.400. The molecule has 0 amide bonds. The van der Waals surface area contributed by atoms with Crippen LogP contribution in [0.4, 0.5) is 0 Å². The molecule has 2 N–H and O–H groups in total. The molecule has 0 aliphatic carbocycles. The van der Waals surface area contributed by atoms with Gasteiger partial charge in [-0.05, 0) is 25.3 Å². The van der Waals surface area contributed by atoms with Crippen molar-refractivity contribution < 1.29 is 8.42 Å². The van der Waals surface area contributed by atoms with Crippen LogP contribution < -0.4 is 4.72 Å². The van der Waals surface area contributed by atoms with E-state index in [1.807, 2.05) is 44.2 Å². The zero-order valence-corrected chi connectivity index (χ0v) is 13.2. The van der Waals surface area contributed by atoms with Crippen LogP contribution in [0, 0.1) is 0 Å². The molecule has 0 aliphatic rings. The van der Waals surface area contributed by atoms with Crippen LogP contribution in [0.15, 0.2) is 41.6 Å². The Morgan fingerprint density at radius 1 is 1.29 bits per heavy atom. The molecule has 2 rings (SSSR count). The van der Waals surface area contributed by atoms with Crippen LogP contribution in [0.25, 0.3) is 0 Å². The summed E-state index contributed by atoms with van der Waals surface area (Å²) in [5.41, 5.74) is 1.21. The zero-order chi connectivity index (χ0) is 15.3. The molecule has 114 valence electrons. The SMILES string of the molecule is CCc1ncc(S(=O)(=O)NC(C)CCc2ccccc2)[nH]1. The van der Waals surface area contributed by atoms with Crippen molar-refractivity contribution >= 4 is 10.0 Å². The Bertz CT molecular complexity index is 665. The Morgan fingerprint density at radius 2 is 2.00 bits per heavy atom. The van der Waals surface area contributed by atoms with Crippen molar-refractivity contribution in [1.82, 2.24) is 14.7 Å². The Kier molecular flexibility index (Phi) is 5.14. The molecule has 1 atom stereocenters. The van der Waals surface area contributed by atoms with Gasteiger partial charge < -0.3 is 4.98 Å². The molecule has 5 nitrogen and oxygen atoms in total. The Labute approximate surface area is 125 Å². The molecular formula is C15H21N3O2S. The molecule has 0 fully saturated rings. The largest absolute Gasteiger partial charge is 0.332 e. The molecule has 6 heteroatoms. The Morgan fingerprint density at radius 3 is 2.62 bits per heavy atom. The Hall–Kier alpha value is -1.66. The third kappa shape index (κ3) is 4.41. The van der Waals surface area contributed by atoms with Gasteiger partial charge in [0, 0.05) is 12.5 Å². The minimum Gasteiger partial charge on any atom is -0.332 e. The second-order valence-electron chi connectivity index (χ2n) is 5.09. The van der Waals surface area contributed by atoms with E-state index < -0.39 is 10.0 Å². The molecule has 1 aromatic carbocycles. The lowest BCUT2D eigenvalue weighted by Crippen LogP contribution is -2.33. The molecule has 0 saturated carbocycles. The highest BCUT2D eigenvalue weighted by molar-refractivity contribution is 7.89. The van der Waals surface area contributed by atoms with Gasteiger partial charge in [0.25, 0.3) is 10.0 Å². The number of hydrogen-bond acceptors (Lipinski definition) is 3. The maximum atomic E-state index is 12.2. The number of benzene rings is 1. The number of H-pyrrole nitrogens is 1. The van der Waals surface area contributed by atoms with Crippen molar-refractivity contribution in [3.63, 3.8) is 0 Å². The van der Waals surface area contributed by atoms with Gasteiger partial charge in [-0.2, -0.15) is 0 Å². The average Bonchev–Trinajstić information content (AvgIpc) is 2.96. The van der Waals surface area contributed by atoms with Crippen LogP contribution in [0.5, 0.6) is 0 Å². The Balaban J connectivity index is 1.93. The maximum Gasteiger partial charge on any atom is 0.257 e. The number of hydrogen-bond donors (Lipinski definition) is 2. The lowest BCUT2D eigenvalue weighted by molar-refractivity contribution is 0.544. The third-order valence-electron chi connectivity index (χ3n) is 3.29. The molecule has 1 unspecified atom stereocenters. The topological polar surface area (TPSA) is 74.8 Å². The van der Waals surface area contributed by atoms with E-state index in [4.69, 9.17) is 0 Å². The van der Waals surface area contributed by atoms with Crippen LogP contribution in [-0.2, 0) is 22.9 Å². The van der Waals surface area contributed by atoms with E-state index in [2.05, 4.69) is 14.7 Å². The number of nitrogens with one attached hydrogen (secondary N) is 2. The lowest BCUT2D eigenvalue weighted by Gasteiger charge is -2.13. The van der Waals surface area contributed by atoms with Crippen LogP contribution in [0.1, 0.15) is 31.7 Å². The summed E-state index contributed by atoms with van der Waals surface area (Å²) in [5, 5.41) is 0.130. The molecule has 0 saturated heterocycles. The van der Waals surface area contributed by atoms with E-state index in [-0.39, 0.29) is 11.1 Å². The van der Waals surface area contributed by atoms with Crippen LogP contribution in [0.2, 0.25) is 0 Å². The highest BCUT2D eigenvalue weighted by Crippen LogP contribution is 2.10. The molecule has 0 radical (unpaired) electrons. The van der Waals surface area contributed by atoms with E-state index in [0.717, 1.165) is 12.8 Å². The molecule has 1 aromatic heterocycles.